The van der Waals surface area contributed by atoms with Crippen LogP contribution in [0.15, 0.2) is 0 Å². The highest BCUT2D eigenvalue weighted by Crippen LogP contribution is 2.37. The molecular formula is C15H26N2O3SSi. The number of nitrogens with zero attached hydrogens (tertiary/aromatic N) is 2. The Balaban J connectivity index is 2.09. The molecule has 0 unspecified atom stereocenters. The molecule has 0 N–H and O–H groups in total. The van der Waals surface area contributed by atoms with E-state index in [-0.39, 0.29) is 17.6 Å². The minimum atomic E-state index is -1.79. The number of anilines is 1. The zero-order valence-corrected chi connectivity index (χ0v) is 16.2. The van der Waals surface area contributed by atoms with Crippen LogP contribution in [0.1, 0.15) is 31.3 Å². The maximum Gasteiger partial charge on any atom is 0.254 e. The van der Waals surface area contributed by atoms with Crippen LogP contribution in [0.3, 0.4) is 0 Å². The van der Waals surface area contributed by atoms with Gasteiger partial charge in [0, 0.05) is 4.88 Å². The van der Waals surface area contributed by atoms with E-state index in [0.717, 1.165) is 15.7 Å². The topological polar surface area (TPSA) is 51.7 Å². The van der Waals surface area contributed by atoms with Crippen molar-refractivity contribution in [3.8, 4) is 0 Å². The zero-order chi connectivity index (χ0) is 16.5. The molecule has 1 amide bonds. The van der Waals surface area contributed by atoms with E-state index >= 15 is 0 Å². The van der Waals surface area contributed by atoms with Crippen molar-refractivity contribution < 1.29 is 14.0 Å². The normalized spacial score (nSPS) is 17.2. The third-order valence-corrected chi connectivity index (χ3v) is 9.99. The second kappa shape index (κ2) is 6.39. The number of ether oxygens (including phenoxy) is 1. The number of morpholine rings is 1. The van der Waals surface area contributed by atoms with Crippen molar-refractivity contribution in [2.75, 3.05) is 24.7 Å². The number of carbonyl (C=O) groups is 1. The number of hydrogen-bond donors (Lipinski definition) is 0. The summed E-state index contributed by atoms with van der Waals surface area (Å²) in [4.78, 5) is 19.4. The molecule has 1 fully saturated rings. The fourth-order valence-corrected chi connectivity index (χ4v) is 3.73. The molecule has 22 heavy (non-hydrogen) atoms. The van der Waals surface area contributed by atoms with E-state index < -0.39 is 8.32 Å². The molecule has 5 nitrogen and oxygen atoms in total. The first-order valence-electron chi connectivity index (χ1n) is 7.60. The summed E-state index contributed by atoms with van der Waals surface area (Å²) in [5.41, 5.74) is 0.948. The van der Waals surface area contributed by atoms with Crippen LogP contribution in [0.2, 0.25) is 18.1 Å². The van der Waals surface area contributed by atoms with Gasteiger partial charge in [-0.2, -0.15) is 0 Å². The van der Waals surface area contributed by atoms with Gasteiger partial charge in [-0.1, -0.05) is 20.8 Å². The largest absolute Gasteiger partial charge is 0.411 e. The summed E-state index contributed by atoms with van der Waals surface area (Å²) in [6, 6.07) is 0. The molecule has 7 heteroatoms. The average Bonchev–Trinajstić information content (AvgIpc) is 2.77. The van der Waals surface area contributed by atoms with Crippen molar-refractivity contribution in [1.82, 2.24) is 4.98 Å². The van der Waals surface area contributed by atoms with Gasteiger partial charge >= 0.3 is 0 Å². The van der Waals surface area contributed by atoms with Gasteiger partial charge < -0.3 is 9.16 Å². The summed E-state index contributed by atoms with van der Waals surface area (Å²) in [7, 11) is -1.79. The van der Waals surface area contributed by atoms with Gasteiger partial charge in [0.05, 0.1) is 25.5 Å². The van der Waals surface area contributed by atoms with E-state index in [4.69, 9.17) is 9.16 Å². The number of aromatic nitrogens is 1. The van der Waals surface area contributed by atoms with Crippen molar-refractivity contribution in [2.45, 2.75) is 52.4 Å². The van der Waals surface area contributed by atoms with Gasteiger partial charge in [0.2, 0.25) is 0 Å². The quantitative estimate of drug-likeness (QED) is 0.788. The number of hydrogen-bond acceptors (Lipinski definition) is 5. The molecule has 0 aliphatic carbocycles. The van der Waals surface area contributed by atoms with E-state index in [1.165, 1.54) is 0 Å². The SMILES string of the molecule is Cc1sc(N2CCOCC2=O)nc1CO[Si](C)(C)C(C)(C)C. The fraction of sp³-hybridized carbons (Fsp3) is 0.733. The number of amides is 1. The Bertz CT molecular complexity index is 551. The van der Waals surface area contributed by atoms with Gasteiger partial charge in [0.1, 0.15) is 6.61 Å². The lowest BCUT2D eigenvalue weighted by molar-refractivity contribution is -0.125. The molecule has 0 saturated carbocycles. The van der Waals surface area contributed by atoms with Crippen LogP contribution in [0, 0.1) is 6.92 Å². The maximum absolute atomic E-state index is 11.9. The zero-order valence-electron chi connectivity index (χ0n) is 14.4. The molecule has 0 spiro atoms. The molecule has 124 valence electrons. The Morgan fingerprint density at radius 3 is 2.68 bits per heavy atom. The second-order valence-corrected chi connectivity index (χ2v) is 13.1. The van der Waals surface area contributed by atoms with E-state index in [2.05, 4.69) is 38.8 Å². The predicted octanol–water partition coefficient (Wildman–Crippen LogP) is 3.34. The van der Waals surface area contributed by atoms with E-state index in [9.17, 15) is 4.79 Å². The number of aryl methyl sites for hydroxylation is 1. The first kappa shape index (κ1) is 17.6. The van der Waals surface area contributed by atoms with Crippen LogP contribution >= 0.6 is 11.3 Å². The molecule has 0 bridgehead atoms. The van der Waals surface area contributed by atoms with Gasteiger partial charge in [0.15, 0.2) is 13.4 Å². The van der Waals surface area contributed by atoms with Gasteiger partial charge in [-0.25, -0.2) is 4.98 Å². The van der Waals surface area contributed by atoms with Crippen molar-refractivity contribution in [1.29, 1.82) is 0 Å². The molecule has 0 atom stereocenters. The summed E-state index contributed by atoms with van der Waals surface area (Å²) in [5, 5.41) is 0.944. The highest BCUT2D eigenvalue weighted by Gasteiger charge is 2.37. The first-order chi connectivity index (χ1) is 10.1. The molecule has 2 heterocycles. The maximum atomic E-state index is 11.9. The Morgan fingerprint density at radius 2 is 2.09 bits per heavy atom. The summed E-state index contributed by atoms with van der Waals surface area (Å²) < 4.78 is 11.4. The van der Waals surface area contributed by atoms with Gasteiger partial charge in [-0.3, -0.25) is 9.69 Å². The molecular weight excluding hydrogens is 316 g/mol. The molecule has 1 saturated heterocycles. The Labute approximate surface area is 137 Å². The monoisotopic (exact) mass is 342 g/mol. The van der Waals surface area contributed by atoms with Crippen LogP contribution < -0.4 is 4.90 Å². The summed E-state index contributed by atoms with van der Waals surface area (Å²) >= 11 is 1.56. The number of carbonyl (C=O) groups excluding carboxylic acids is 1. The molecule has 1 aliphatic rings. The first-order valence-corrected chi connectivity index (χ1v) is 11.3. The van der Waals surface area contributed by atoms with Gasteiger partial charge in [-0.05, 0) is 25.1 Å². The fourth-order valence-electron chi connectivity index (χ4n) is 1.85. The number of thiazole rings is 1. The highest BCUT2D eigenvalue weighted by molar-refractivity contribution is 7.15. The summed E-state index contributed by atoms with van der Waals surface area (Å²) in [6.07, 6.45) is 0. The standard InChI is InChI=1S/C15H26N2O3SSi/c1-11-12(9-20-22(5,6)15(2,3)4)16-14(21-11)17-7-8-19-10-13(17)18/h7-10H2,1-6H3. The molecule has 0 radical (unpaired) electrons. The van der Waals surface area contributed by atoms with Crippen LogP contribution in [-0.4, -0.2) is 39.0 Å². The summed E-state index contributed by atoms with van der Waals surface area (Å²) in [5.74, 6) is -0.0168. The Hall–Kier alpha value is -0.763. The lowest BCUT2D eigenvalue weighted by Gasteiger charge is -2.36. The molecule has 1 aliphatic heterocycles. The lowest BCUT2D eigenvalue weighted by atomic mass is 10.2. The number of rotatable bonds is 4. The van der Waals surface area contributed by atoms with E-state index in [1.54, 1.807) is 16.2 Å². The highest BCUT2D eigenvalue weighted by atomic mass is 32.1. The van der Waals surface area contributed by atoms with E-state index in [0.29, 0.717) is 19.8 Å². The minimum Gasteiger partial charge on any atom is -0.411 e. The molecule has 0 aromatic carbocycles. The Kier molecular flexibility index (Phi) is 5.11. The third kappa shape index (κ3) is 3.76. The van der Waals surface area contributed by atoms with Crippen molar-refractivity contribution in [3.05, 3.63) is 10.6 Å². The summed E-state index contributed by atoms with van der Waals surface area (Å²) in [6.45, 7) is 15.0. The van der Waals surface area contributed by atoms with E-state index in [1.807, 2.05) is 6.92 Å². The lowest BCUT2D eigenvalue weighted by Crippen LogP contribution is -2.41. The third-order valence-electron chi connectivity index (χ3n) is 4.47. The average molecular weight is 343 g/mol. The van der Waals surface area contributed by atoms with Gasteiger partial charge in [-0.15, -0.1) is 11.3 Å². The molecule has 2 rings (SSSR count). The molecule has 1 aromatic heterocycles. The Morgan fingerprint density at radius 1 is 1.41 bits per heavy atom. The van der Waals surface area contributed by atoms with Crippen molar-refractivity contribution >= 4 is 30.7 Å². The van der Waals surface area contributed by atoms with Crippen LogP contribution in [0.25, 0.3) is 0 Å². The van der Waals surface area contributed by atoms with Crippen LogP contribution in [0.4, 0.5) is 5.13 Å². The van der Waals surface area contributed by atoms with Crippen molar-refractivity contribution in [2.24, 2.45) is 0 Å². The minimum absolute atomic E-state index is 0.0168. The second-order valence-electron chi connectivity index (χ2n) is 7.15. The van der Waals surface area contributed by atoms with Crippen LogP contribution in [-0.2, 0) is 20.6 Å². The van der Waals surface area contributed by atoms with Crippen LogP contribution in [0.5, 0.6) is 0 Å². The van der Waals surface area contributed by atoms with Crippen molar-refractivity contribution in [3.63, 3.8) is 0 Å². The molecule has 1 aromatic rings. The predicted molar refractivity (Wildman–Crippen MR) is 92.0 cm³/mol. The smallest absolute Gasteiger partial charge is 0.254 e. The van der Waals surface area contributed by atoms with Gasteiger partial charge in [0.25, 0.3) is 5.91 Å².